The van der Waals surface area contributed by atoms with Crippen LogP contribution in [0.4, 0.5) is 4.79 Å². The molecule has 1 rings (SSSR count). The third kappa shape index (κ3) is 2.72. The van der Waals surface area contributed by atoms with Crippen LogP contribution in [0.3, 0.4) is 0 Å². The zero-order valence-electron chi connectivity index (χ0n) is 7.91. The molecule has 1 aliphatic rings. The summed E-state index contributed by atoms with van der Waals surface area (Å²) in [6, 6.07) is 0. The van der Waals surface area contributed by atoms with Gasteiger partial charge in [-0.2, -0.15) is 0 Å². The highest BCUT2D eigenvalue weighted by atomic mass is 16.6. The molecule has 0 unspecified atom stereocenters. The molecule has 0 spiro atoms. The number of imide groups is 1. The van der Waals surface area contributed by atoms with Crippen LogP contribution in [0.15, 0.2) is 0 Å². The maximum Gasteiger partial charge on any atom is 0.416 e. The highest BCUT2D eigenvalue weighted by Crippen LogP contribution is 2.10. The molecule has 0 aromatic carbocycles. The Morgan fingerprint density at radius 3 is 2.92 bits per heavy atom. The van der Waals surface area contributed by atoms with Crippen molar-refractivity contribution in [1.82, 2.24) is 4.90 Å². The SMILES string of the molecule is CCCCOC(=O)N1CCCC1=O. The first kappa shape index (κ1) is 10.0. The van der Waals surface area contributed by atoms with Crippen LogP contribution in [-0.4, -0.2) is 30.1 Å². The largest absolute Gasteiger partial charge is 0.449 e. The van der Waals surface area contributed by atoms with Crippen LogP contribution in [0.1, 0.15) is 32.6 Å². The van der Waals surface area contributed by atoms with E-state index in [1.807, 2.05) is 6.92 Å². The first-order valence-corrected chi connectivity index (χ1v) is 4.73. The predicted molar refractivity (Wildman–Crippen MR) is 47.2 cm³/mol. The molecule has 0 aliphatic carbocycles. The average Bonchev–Trinajstić information content (AvgIpc) is 2.52. The normalized spacial score (nSPS) is 16.4. The molecule has 0 bridgehead atoms. The summed E-state index contributed by atoms with van der Waals surface area (Å²) in [7, 11) is 0. The number of hydrogen-bond donors (Lipinski definition) is 0. The zero-order chi connectivity index (χ0) is 9.68. The monoisotopic (exact) mass is 185 g/mol. The van der Waals surface area contributed by atoms with Gasteiger partial charge < -0.3 is 4.74 Å². The van der Waals surface area contributed by atoms with Crippen molar-refractivity contribution >= 4 is 12.0 Å². The first-order valence-electron chi connectivity index (χ1n) is 4.73. The second-order valence-corrected chi connectivity index (χ2v) is 3.12. The fraction of sp³-hybridized carbons (Fsp3) is 0.778. The number of likely N-dealkylation sites (tertiary alicyclic amines) is 1. The lowest BCUT2D eigenvalue weighted by molar-refractivity contribution is -0.126. The Morgan fingerprint density at radius 2 is 2.38 bits per heavy atom. The van der Waals surface area contributed by atoms with Gasteiger partial charge in [0.05, 0.1) is 6.61 Å². The van der Waals surface area contributed by atoms with E-state index in [0.717, 1.165) is 19.3 Å². The van der Waals surface area contributed by atoms with Crippen LogP contribution in [0, 0.1) is 0 Å². The van der Waals surface area contributed by atoms with Gasteiger partial charge in [0.1, 0.15) is 0 Å². The summed E-state index contributed by atoms with van der Waals surface area (Å²) < 4.78 is 4.90. The highest BCUT2D eigenvalue weighted by molar-refractivity contribution is 5.93. The van der Waals surface area contributed by atoms with Crippen LogP contribution in [0.2, 0.25) is 0 Å². The Bertz CT molecular complexity index is 203. The third-order valence-electron chi connectivity index (χ3n) is 2.02. The Balaban J connectivity index is 2.26. The van der Waals surface area contributed by atoms with Crippen molar-refractivity contribution in [2.45, 2.75) is 32.6 Å². The Kier molecular flexibility index (Phi) is 3.73. The van der Waals surface area contributed by atoms with E-state index >= 15 is 0 Å². The lowest BCUT2D eigenvalue weighted by atomic mass is 10.4. The average molecular weight is 185 g/mol. The zero-order valence-corrected chi connectivity index (χ0v) is 7.91. The van der Waals surface area contributed by atoms with Crippen molar-refractivity contribution < 1.29 is 14.3 Å². The molecular formula is C9H15NO3. The van der Waals surface area contributed by atoms with Gasteiger partial charge >= 0.3 is 6.09 Å². The van der Waals surface area contributed by atoms with E-state index in [1.54, 1.807) is 0 Å². The molecule has 2 amide bonds. The van der Waals surface area contributed by atoms with Crippen LogP contribution in [0.25, 0.3) is 0 Å². The van der Waals surface area contributed by atoms with Gasteiger partial charge in [-0.05, 0) is 12.8 Å². The Labute approximate surface area is 77.8 Å². The molecule has 1 fully saturated rings. The molecule has 0 atom stereocenters. The van der Waals surface area contributed by atoms with E-state index in [0.29, 0.717) is 19.6 Å². The summed E-state index contributed by atoms with van der Waals surface area (Å²) in [6.07, 6.45) is 2.61. The summed E-state index contributed by atoms with van der Waals surface area (Å²) in [5, 5.41) is 0. The summed E-state index contributed by atoms with van der Waals surface area (Å²) in [4.78, 5) is 23.5. The van der Waals surface area contributed by atoms with E-state index < -0.39 is 6.09 Å². The first-order chi connectivity index (χ1) is 6.25. The van der Waals surface area contributed by atoms with Crippen molar-refractivity contribution in [2.24, 2.45) is 0 Å². The number of ether oxygens (including phenoxy) is 1. The number of rotatable bonds is 3. The minimum atomic E-state index is -0.476. The van der Waals surface area contributed by atoms with E-state index in [1.165, 1.54) is 4.90 Å². The molecule has 0 aromatic rings. The highest BCUT2D eigenvalue weighted by Gasteiger charge is 2.27. The standard InChI is InChI=1S/C9H15NO3/c1-2-3-7-13-9(12)10-6-4-5-8(10)11/h2-7H2,1H3. The minimum absolute atomic E-state index is 0.110. The van der Waals surface area contributed by atoms with Crippen molar-refractivity contribution in [3.63, 3.8) is 0 Å². The number of amides is 2. The maximum atomic E-state index is 11.2. The molecule has 13 heavy (non-hydrogen) atoms. The number of carbonyl (C=O) groups is 2. The van der Waals surface area contributed by atoms with Crippen molar-refractivity contribution in [3.8, 4) is 0 Å². The third-order valence-corrected chi connectivity index (χ3v) is 2.02. The molecule has 1 heterocycles. The second kappa shape index (κ2) is 4.84. The van der Waals surface area contributed by atoms with E-state index in [9.17, 15) is 9.59 Å². The smallest absolute Gasteiger partial charge is 0.416 e. The Hall–Kier alpha value is -1.06. The van der Waals surface area contributed by atoms with Gasteiger partial charge in [0, 0.05) is 13.0 Å². The van der Waals surface area contributed by atoms with Gasteiger partial charge in [0.25, 0.3) is 0 Å². The second-order valence-electron chi connectivity index (χ2n) is 3.12. The van der Waals surface area contributed by atoms with Crippen LogP contribution in [-0.2, 0) is 9.53 Å². The molecule has 0 aromatic heterocycles. The van der Waals surface area contributed by atoms with Crippen molar-refractivity contribution in [2.75, 3.05) is 13.2 Å². The number of unbranched alkanes of at least 4 members (excludes halogenated alkanes) is 1. The molecule has 74 valence electrons. The molecule has 4 nitrogen and oxygen atoms in total. The quantitative estimate of drug-likeness (QED) is 0.626. The summed E-state index contributed by atoms with van der Waals surface area (Å²) in [6.45, 7) is 2.96. The lowest BCUT2D eigenvalue weighted by Gasteiger charge is -2.12. The fourth-order valence-corrected chi connectivity index (χ4v) is 1.22. The Morgan fingerprint density at radius 1 is 1.62 bits per heavy atom. The van der Waals surface area contributed by atoms with Gasteiger partial charge in [0.2, 0.25) is 5.91 Å². The molecular weight excluding hydrogens is 170 g/mol. The van der Waals surface area contributed by atoms with Gasteiger partial charge in [-0.15, -0.1) is 0 Å². The number of hydrogen-bond acceptors (Lipinski definition) is 3. The number of carbonyl (C=O) groups excluding carboxylic acids is 2. The van der Waals surface area contributed by atoms with Crippen molar-refractivity contribution in [3.05, 3.63) is 0 Å². The van der Waals surface area contributed by atoms with Gasteiger partial charge in [-0.3, -0.25) is 4.79 Å². The van der Waals surface area contributed by atoms with Gasteiger partial charge in [-0.25, -0.2) is 9.69 Å². The topological polar surface area (TPSA) is 46.6 Å². The molecule has 0 saturated carbocycles. The molecule has 0 radical (unpaired) electrons. The predicted octanol–water partition coefficient (Wildman–Crippen LogP) is 1.55. The molecule has 1 saturated heterocycles. The van der Waals surface area contributed by atoms with Gasteiger partial charge in [-0.1, -0.05) is 13.3 Å². The van der Waals surface area contributed by atoms with E-state index in [4.69, 9.17) is 4.74 Å². The summed E-state index contributed by atoms with van der Waals surface area (Å²) in [5.74, 6) is -0.110. The molecule has 0 N–H and O–H groups in total. The van der Waals surface area contributed by atoms with E-state index in [2.05, 4.69) is 0 Å². The van der Waals surface area contributed by atoms with Crippen LogP contribution in [0.5, 0.6) is 0 Å². The minimum Gasteiger partial charge on any atom is -0.449 e. The number of nitrogens with zero attached hydrogens (tertiary/aromatic N) is 1. The van der Waals surface area contributed by atoms with Gasteiger partial charge in [0.15, 0.2) is 0 Å². The van der Waals surface area contributed by atoms with E-state index in [-0.39, 0.29) is 5.91 Å². The fourth-order valence-electron chi connectivity index (χ4n) is 1.22. The lowest BCUT2D eigenvalue weighted by Crippen LogP contribution is -2.32. The van der Waals surface area contributed by atoms with Crippen molar-refractivity contribution in [1.29, 1.82) is 0 Å². The summed E-state index contributed by atoms with van der Waals surface area (Å²) in [5.41, 5.74) is 0. The maximum absolute atomic E-state index is 11.2. The molecule has 4 heteroatoms. The van der Waals surface area contributed by atoms with Crippen LogP contribution < -0.4 is 0 Å². The van der Waals surface area contributed by atoms with Crippen LogP contribution >= 0.6 is 0 Å². The molecule has 1 aliphatic heterocycles. The summed E-state index contributed by atoms with van der Waals surface area (Å²) >= 11 is 0.